The van der Waals surface area contributed by atoms with Crippen LogP contribution in [0.5, 0.6) is 0 Å². The maximum atomic E-state index is 12.9. The van der Waals surface area contributed by atoms with E-state index in [0.29, 0.717) is 19.5 Å². The zero-order valence-corrected chi connectivity index (χ0v) is 12.4. The van der Waals surface area contributed by atoms with Gasteiger partial charge in [-0.05, 0) is 31.9 Å². The van der Waals surface area contributed by atoms with E-state index in [1.165, 1.54) is 0 Å². The van der Waals surface area contributed by atoms with Crippen LogP contribution < -0.4 is 5.32 Å². The molecule has 0 atom stereocenters. The molecule has 21 heavy (non-hydrogen) atoms. The molecule has 1 saturated carbocycles. The van der Waals surface area contributed by atoms with Crippen LogP contribution in [-0.2, 0) is 16.1 Å². The van der Waals surface area contributed by atoms with E-state index >= 15 is 0 Å². The van der Waals surface area contributed by atoms with Crippen LogP contribution in [0.4, 0.5) is 0 Å². The third-order valence-corrected chi connectivity index (χ3v) is 4.44. The number of carbonyl (C=O) groups is 2. The van der Waals surface area contributed by atoms with Crippen molar-refractivity contribution in [3.05, 3.63) is 29.6 Å². The van der Waals surface area contributed by atoms with Crippen LogP contribution in [0.15, 0.2) is 18.2 Å². The Labute approximate surface area is 124 Å². The molecule has 0 radical (unpaired) electrons. The number of rotatable bonds is 2. The molecular weight excluding hydrogens is 266 g/mol. The van der Waals surface area contributed by atoms with Gasteiger partial charge in [0.25, 0.3) is 0 Å². The van der Waals surface area contributed by atoms with Crippen molar-refractivity contribution >= 4 is 11.8 Å². The van der Waals surface area contributed by atoms with Gasteiger partial charge in [0.1, 0.15) is 5.54 Å². The van der Waals surface area contributed by atoms with Crippen molar-refractivity contribution in [3.63, 3.8) is 0 Å². The molecule has 0 aromatic carbocycles. The lowest BCUT2D eigenvalue weighted by atomic mass is 9.96. The summed E-state index contributed by atoms with van der Waals surface area (Å²) in [4.78, 5) is 31.1. The number of nitrogens with zero attached hydrogens (tertiary/aromatic N) is 2. The van der Waals surface area contributed by atoms with Gasteiger partial charge in [0, 0.05) is 18.7 Å². The highest BCUT2D eigenvalue weighted by Gasteiger charge is 2.46. The molecule has 2 fully saturated rings. The molecule has 5 nitrogen and oxygen atoms in total. The number of amides is 2. The van der Waals surface area contributed by atoms with Crippen LogP contribution in [0.1, 0.15) is 43.5 Å². The fraction of sp³-hybridized carbons (Fsp3) is 0.562. The molecule has 2 aliphatic rings. The van der Waals surface area contributed by atoms with E-state index in [0.717, 1.165) is 37.1 Å². The summed E-state index contributed by atoms with van der Waals surface area (Å²) in [5.74, 6) is 0.0547. The van der Waals surface area contributed by atoms with E-state index in [9.17, 15) is 9.59 Å². The first-order valence-corrected chi connectivity index (χ1v) is 7.62. The maximum Gasteiger partial charge on any atom is 0.248 e. The van der Waals surface area contributed by atoms with Crippen molar-refractivity contribution in [2.24, 2.45) is 0 Å². The number of aromatic nitrogens is 1. The largest absolute Gasteiger partial charge is 0.342 e. The third kappa shape index (κ3) is 2.77. The molecule has 1 aromatic heterocycles. The van der Waals surface area contributed by atoms with Crippen LogP contribution >= 0.6 is 0 Å². The molecule has 1 aliphatic heterocycles. The monoisotopic (exact) mass is 287 g/mol. The number of pyridine rings is 1. The minimum Gasteiger partial charge on any atom is -0.342 e. The lowest BCUT2D eigenvalue weighted by Crippen LogP contribution is -2.55. The summed E-state index contributed by atoms with van der Waals surface area (Å²) in [5, 5.41) is 2.98. The van der Waals surface area contributed by atoms with Crippen LogP contribution in [0.2, 0.25) is 0 Å². The fourth-order valence-electron chi connectivity index (χ4n) is 3.37. The fourth-order valence-corrected chi connectivity index (χ4v) is 3.37. The van der Waals surface area contributed by atoms with E-state index in [1.54, 1.807) is 4.90 Å². The molecule has 3 rings (SSSR count). The van der Waals surface area contributed by atoms with Gasteiger partial charge in [-0.15, -0.1) is 0 Å². The molecule has 0 unspecified atom stereocenters. The molecule has 5 heteroatoms. The van der Waals surface area contributed by atoms with Gasteiger partial charge in [-0.25, -0.2) is 0 Å². The van der Waals surface area contributed by atoms with Crippen LogP contribution in [0.3, 0.4) is 0 Å². The third-order valence-electron chi connectivity index (χ3n) is 4.44. The van der Waals surface area contributed by atoms with E-state index < -0.39 is 5.54 Å². The van der Waals surface area contributed by atoms with E-state index in [2.05, 4.69) is 10.3 Å². The first-order valence-electron chi connectivity index (χ1n) is 7.62. The second kappa shape index (κ2) is 5.47. The number of hydrogen-bond donors (Lipinski definition) is 1. The highest BCUT2D eigenvalue weighted by Crippen LogP contribution is 2.33. The molecule has 1 aliphatic carbocycles. The van der Waals surface area contributed by atoms with Gasteiger partial charge in [0.05, 0.1) is 12.2 Å². The SMILES string of the molecule is Cc1cccc(CN2CCC(=O)NC3(CCCC3)C2=O)n1. The van der Waals surface area contributed by atoms with Crippen molar-refractivity contribution in [1.82, 2.24) is 15.2 Å². The Morgan fingerprint density at radius 3 is 2.76 bits per heavy atom. The van der Waals surface area contributed by atoms with Crippen molar-refractivity contribution in [3.8, 4) is 0 Å². The van der Waals surface area contributed by atoms with E-state index in [-0.39, 0.29) is 11.8 Å². The smallest absolute Gasteiger partial charge is 0.248 e. The Bertz CT molecular complexity index is 564. The van der Waals surface area contributed by atoms with Gasteiger partial charge in [-0.2, -0.15) is 0 Å². The summed E-state index contributed by atoms with van der Waals surface area (Å²) in [6, 6.07) is 5.83. The summed E-state index contributed by atoms with van der Waals surface area (Å²) in [7, 11) is 0. The molecule has 1 spiro atoms. The van der Waals surface area contributed by atoms with Crippen LogP contribution in [-0.4, -0.2) is 33.8 Å². The van der Waals surface area contributed by atoms with Crippen molar-refractivity contribution in [2.75, 3.05) is 6.54 Å². The molecule has 1 aromatic rings. The van der Waals surface area contributed by atoms with Gasteiger partial charge < -0.3 is 10.2 Å². The molecule has 0 bridgehead atoms. The summed E-state index contributed by atoms with van der Waals surface area (Å²) < 4.78 is 0. The number of carbonyl (C=O) groups excluding carboxylic acids is 2. The van der Waals surface area contributed by atoms with Gasteiger partial charge in [-0.1, -0.05) is 18.9 Å². The normalized spacial score (nSPS) is 21.5. The highest BCUT2D eigenvalue weighted by molar-refractivity contribution is 5.93. The zero-order valence-electron chi connectivity index (χ0n) is 12.4. The predicted molar refractivity (Wildman–Crippen MR) is 78.3 cm³/mol. The second-order valence-electron chi connectivity index (χ2n) is 6.08. The molecule has 1 N–H and O–H groups in total. The quantitative estimate of drug-likeness (QED) is 0.897. The average molecular weight is 287 g/mol. The molecule has 2 heterocycles. The Kier molecular flexibility index (Phi) is 3.66. The first kappa shape index (κ1) is 14.0. The summed E-state index contributed by atoms with van der Waals surface area (Å²) in [6.07, 6.45) is 3.90. The Hall–Kier alpha value is -1.91. The summed E-state index contributed by atoms with van der Waals surface area (Å²) in [6.45, 7) is 2.90. The Morgan fingerprint density at radius 1 is 1.29 bits per heavy atom. The number of aryl methyl sites for hydroxylation is 1. The van der Waals surface area contributed by atoms with Crippen molar-refractivity contribution in [2.45, 2.75) is 51.1 Å². The lowest BCUT2D eigenvalue weighted by Gasteiger charge is -2.31. The summed E-state index contributed by atoms with van der Waals surface area (Å²) in [5.41, 5.74) is 1.17. The van der Waals surface area contributed by atoms with E-state index in [1.807, 2.05) is 25.1 Å². The molecular formula is C16H21N3O2. The minimum atomic E-state index is -0.655. The van der Waals surface area contributed by atoms with Crippen LogP contribution in [0, 0.1) is 6.92 Å². The van der Waals surface area contributed by atoms with E-state index in [4.69, 9.17) is 0 Å². The summed E-state index contributed by atoms with van der Waals surface area (Å²) >= 11 is 0. The molecule has 2 amide bonds. The Balaban J connectivity index is 1.83. The van der Waals surface area contributed by atoms with Gasteiger partial charge in [-0.3, -0.25) is 14.6 Å². The zero-order chi connectivity index (χ0) is 14.9. The van der Waals surface area contributed by atoms with Crippen LogP contribution in [0.25, 0.3) is 0 Å². The lowest BCUT2D eigenvalue weighted by molar-refractivity contribution is -0.139. The molecule has 1 saturated heterocycles. The Morgan fingerprint density at radius 2 is 2.05 bits per heavy atom. The van der Waals surface area contributed by atoms with Crippen molar-refractivity contribution in [1.29, 1.82) is 0 Å². The average Bonchev–Trinajstić information content (AvgIpc) is 2.88. The topological polar surface area (TPSA) is 62.3 Å². The van der Waals surface area contributed by atoms with Crippen molar-refractivity contribution < 1.29 is 9.59 Å². The van der Waals surface area contributed by atoms with Gasteiger partial charge in [0.2, 0.25) is 11.8 Å². The van der Waals surface area contributed by atoms with Gasteiger partial charge in [0.15, 0.2) is 0 Å². The highest BCUT2D eigenvalue weighted by atomic mass is 16.2. The molecule has 112 valence electrons. The maximum absolute atomic E-state index is 12.9. The minimum absolute atomic E-state index is 0.00930. The first-order chi connectivity index (χ1) is 10.1. The number of nitrogens with one attached hydrogen (secondary N) is 1. The predicted octanol–water partition coefficient (Wildman–Crippen LogP) is 1.55. The standard InChI is InChI=1S/C16H21N3O2/c1-12-5-4-6-13(17-12)11-19-10-7-14(20)18-16(15(19)21)8-2-3-9-16/h4-6H,2-3,7-11H2,1H3,(H,18,20). The number of hydrogen-bond acceptors (Lipinski definition) is 3. The second-order valence-corrected chi connectivity index (χ2v) is 6.08. The van der Waals surface area contributed by atoms with Gasteiger partial charge >= 0.3 is 0 Å².